The fourth-order valence-corrected chi connectivity index (χ4v) is 1.85. The minimum atomic E-state index is -0.443. The molecular weight excluding hydrogens is 293 g/mol. The van der Waals surface area contributed by atoms with Crippen LogP contribution >= 0.6 is 11.6 Å². The van der Waals surface area contributed by atoms with Crippen molar-refractivity contribution >= 4 is 23.2 Å². The lowest BCUT2D eigenvalue weighted by atomic mass is 10.2. The molecule has 0 unspecified atom stereocenters. The lowest BCUT2D eigenvalue weighted by Crippen LogP contribution is -2.16. The predicted octanol–water partition coefficient (Wildman–Crippen LogP) is 4.20. The molecule has 1 amide bonds. The van der Waals surface area contributed by atoms with Crippen LogP contribution in [0.5, 0.6) is 5.75 Å². The van der Waals surface area contributed by atoms with Crippen molar-refractivity contribution in [3.63, 3.8) is 0 Å². The zero-order valence-electron chi connectivity index (χ0n) is 11.5. The lowest BCUT2D eigenvalue weighted by Gasteiger charge is -2.08. The summed E-state index contributed by atoms with van der Waals surface area (Å²) < 4.78 is 19.0. The van der Waals surface area contributed by atoms with E-state index in [0.29, 0.717) is 10.8 Å². The number of aryl methyl sites for hydroxylation is 1. The van der Waals surface area contributed by atoms with Gasteiger partial charge in [0.15, 0.2) is 0 Å². The zero-order valence-corrected chi connectivity index (χ0v) is 12.3. The standard InChI is InChI=1S/C16H15ClFNO2/c1-11-2-7-15(14(18)10-11)19-16(20)8-9-21-13-5-3-12(17)4-6-13/h2-7,10H,8-9H2,1H3,(H,19,20). The Balaban J connectivity index is 1.81. The first kappa shape index (κ1) is 15.3. The number of rotatable bonds is 5. The Kier molecular flexibility index (Phi) is 5.17. The van der Waals surface area contributed by atoms with Gasteiger partial charge in [0, 0.05) is 5.02 Å². The summed E-state index contributed by atoms with van der Waals surface area (Å²) in [4.78, 5) is 11.7. The summed E-state index contributed by atoms with van der Waals surface area (Å²) in [6.07, 6.45) is 0.135. The molecule has 0 aliphatic rings. The number of amides is 1. The molecule has 0 aliphatic carbocycles. The predicted molar refractivity (Wildman–Crippen MR) is 81.3 cm³/mol. The van der Waals surface area contributed by atoms with Crippen molar-refractivity contribution in [2.75, 3.05) is 11.9 Å². The van der Waals surface area contributed by atoms with E-state index in [1.807, 2.05) is 0 Å². The minimum Gasteiger partial charge on any atom is -0.493 e. The monoisotopic (exact) mass is 307 g/mol. The SMILES string of the molecule is Cc1ccc(NC(=O)CCOc2ccc(Cl)cc2)c(F)c1. The van der Waals surface area contributed by atoms with Crippen molar-refractivity contribution in [2.24, 2.45) is 0 Å². The zero-order chi connectivity index (χ0) is 15.2. The molecule has 0 radical (unpaired) electrons. The number of carbonyl (C=O) groups excluding carboxylic acids is 1. The summed E-state index contributed by atoms with van der Waals surface area (Å²) in [6.45, 7) is 2.00. The maximum absolute atomic E-state index is 13.6. The van der Waals surface area contributed by atoms with Crippen molar-refractivity contribution in [1.29, 1.82) is 0 Å². The van der Waals surface area contributed by atoms with Gasteiger partial charge in [-0.3, -0.25) is 4.79 Å². The first-order valence-corrected chi connectivity index (χ1v) is 6.87. The lowest BCUT2D eigenvalue weighted by molar-refractivity contribution is -0.116. The molecule has 1 N–H and O–H groups in total. The van der Waals surface area contributed by atoms with E-state index in [-0.39, 0.29) is 24.6 Å². The van der Waals surface area contributed by atoms with E-state index in [4.69, 9.17) is 16.3 Å². The Morgan fingerprint density at radius 3 is 2.62 bits per heavy atom. The molecule has 0 saturated carbocycles. The molecule has 0 atom stereocenters. The quantitative estimate of drug-likeness (QED) is 0.899. The molecule has 3 nitrogen and oxygen atoms in total. The van der Waals surface area contributed by atoms with Crippen LogP contribution in [0.1, 0.15) is 12.0 Å². The van der Waals surface area contributed by atoms with E-state index >= 15 is 0 Å². The van der Waals surface area contributed by atoms with Crippen LogP contribution < -0.4 is 10.1 Å². The van der Waals surface area contributed by atoms with Crippen LogP contribution in [-0.2, 0) is 4.79 Å². The third-order valence-electron chi connectivity index (χ3n) is 2.81. The maximum atomic E-state index is 13.6. The van der Waals surface area contributed by atoms with Crippen LogP contribution in [0, 0.1) is 12.7 Å². The van der Waals surface area contributed by atoms with Crippen LogP contribution in [0.4, 0.5) is 10.1 Å². The second-order valence-electron chi connectivity index (χ2n) is 4.58. The van der Waals surface area contributed by atoms with Crippen LogP contribution in [0.3, 0.4) is 0 Å². The Morgan fingerprint density at radius 1 is 1.24 bits per heavy atom. The van der Waals surface area contributed by atoms with Crippen LogP contribution in [0.15, 0.2) is 42.5 Å². The largest absolute Gasteiger partial charge is 0.493 e. The van der Waals surface area contributed by atoms with Crippen molar-refractivity contribution in [3.05, 3.63) is 58.9 Å². The van der Waals surface area contributed by atoms with Gasteiger partial charge in [-0.25, -0.2) is 4.39 Å². The number of carbonyl (C=O) groups is 1. The number of hydrogen-bond donors (Lipinski definition) is 1. The normalized spacial score (nSPS) is 10.2. The Bertz CT molecular complexity index is 629. The molecule has 21 heavy (non-hydrogen) atoms. The van der Waals surface area contributed by atoms with Gasteiger partial charge in [0.2, 0.25) is 5.91 Å². The van der Waals surface area contributed by atoms with Gasteiger partial charge in [-0.2, -0.15) is 0 Å². The molecule has 0 aliphatic heterocycles. The molecule has 0 bridgehead atoms. The number of anilines is 1. The summed E-state index contributed by atoms with van der Waals surface area (Å²) in [5.74, 6) is -0.109. The average Bonchev–Trinajstić information content (AvgIpc) is 2.44. The van der Waals surface area contributed by atoms with Crippen molar-refractivity contribution < 1.29 is 13.9 Å². The number of benzene rings is 2. The molecule has 2 rings (SSSR count). The Labute approximate surface area is 127 Å². The highest BCUT2D eigenvalue weighted by Crippen LogP contribution is 2.17. The summed E-state index contributed by atoms with van der Waals surface area (Å²) >= 11 is 5.76. The Hall–Kier alpha value is -2.07. The fraction of sp³-hybridized carbons (Fsp3) is 0.188. The number of ether oxygens (including phenoxy) is 1. The number of hydrogen-bond acceptors (Lipinski definition) is 2. The van der Waals surface area contributed by atoms with Gasteiger partial charge in [-0.05, 0) is 48.9 Å². The minimum absolute atomic E-state index is 0.135. The van der Waals surface area contributed by atoms with Gasteiger partial charge in [0.1, 0.15) is 11.6 Å². The smallest absolute Gasteiger partial charge is 0.227 e. The molecule has 110 valence electrons. The first-order valence-electron chi connectivity index (χ1n) is 6.49. The second-order valence-corrected chi connectivity index (χ2v) is 5.02. The average molecular weight is 308 g/mol. The summed E-state index contributed by atoms with van der Waals surface area (Å²) in [7, 11) is 0. The van der Waals surface area contributed by atoms with E-state index in [2.05, 4.69) is 5.32 Å². The van der Waals surface area contributed by atoms with Gasteiger partial charge in [0.25, 0.3) is 0 Å². The topological polar surface area (TPSA) is 38.3 Å². The molecule has 0 heterocycles. The molecule has 2 aromatic rings. The van der Waals surface area contributed by atoms with E-state index < -0.39 is 5.82 Å². The number of nitrogens with one attached hydrogen (secondary N) is 1. The van der Waals surface area contributed by atoms with E-state index in [1.54, 1.807) is 43.3 Å². The van der Waals surface area contributed by atoms with Crippen molar-refractivity contribution in [1.82, 2.24) is 0 Å². The maximum Gasteiger partial charge on any atom is 0.227 e. The van der Waals surface area contributed by atoms with Crippen molar-refractivity contribution in [3.8, 4) is 5.75 Å². The summed E-state index contributed by atoms with van der Waals surface area (Å²) in [5.41, 5.74) is 0.980. The van der Waals surface area contributed by atoms with Gasteiger partial charge >= 0.3 is 0 Å². The third kappa shape index (κ3) is 4.76. The molecule has 5 heteroatoms. The highest BCUT2D eigenvalue weighted by Gasteiger charge is 2.07. The molecular formula is C16H15ClFNO2. The Morgan fingerprint density at radius 2 is 1.95 bits per heavy atom. The van der Waals surface area contributed by atoms with E-state index in [1.165, 1.54) is 6.07 Å². The van der Waals surface area contributed by atoms with Gasteiger partial charge in [-0.15, -0.1) is 0 Å². The van der Waals surface area contributed by atoms with Gasteiger partial charge in [0.05, 0.1) is 18.7 Å². The summed E-state index contributed by atoms with van der Waals surface area (Å²) in [5, 5.41) is 3.14. The second kappa shape index (κ2) is 7.09. The summed E-state index contributed by atoms with van der Waals surface area (Å²) in [6, 6.07) is 11.5. The molecule has 2 aromatic carbocycles. The van der Waals surface area contributed by atoms with Gasteiger partial charge in [-0.1, -0.05) is 17.7 Å². The molecule has 0 spiro atoms. The molecule has 0 fully saturated rings. The number of halogens is 2. The van der Waals surface area contributed by atoms with Crippen LogP contribution in [0.25, 0.3) is 0 Å². The van der Waals surface area contributed by atoms with E-state index in [0.717, 1.165) is 5.56 Å². The fourth-order valence-electron chi connectivity index (χ4n) is 1.73. The van der Waals surface area contributed by atoms with Crippen LogP contribution in [0.2, 0.25) is 5.02 Å². The first-order chi connectivity index (χ1) is 10.0. The van der Waals surface area contributed by atoms with E-state index in [9.17, 15) is 9.18 Å². The third-order valence-corrected chi connectivity index (χ3v) is 3.06. The van der Waals surface area contributed by atoms with Gasteiger partial charge < -0.3 is 10.1 Å². The van der Waals surface area contributed by atoms with Crippen LogP contribution in [-0.4, -0.2) is 12.5 Å². The molecule has 0 saturated heterocycles. The molecule has 0 aromatic heterocycles. The van der Waals surface area contributed by atoms with Crippen molar-refractivity contribution in [2.45, 2.75) is 13.3 Å². The highest BCUT2D eigenvalue weighted by atomic mass is 35.5. The highest BCUT2D eigenvalue weighted by molar-refractivity contribution is 6.30.